The number of carboxylic acid groups (broad SMARTS) is 1. The standard InChI is InChI=1S/C19H19Cl2NO3/c1-12(13-8-9-15(20)16(21)10-13)22-17(23)11-19(2,18(24)25)14-6-4-3-5-7-14/h3-10,12H,11H2,1-2H3,(H,22,23)(H,24,25)/p-1/t12-,19-/m1/s1. The first kappa shape index (κ1) is 19.3. The molecule has 0 aromatic heterocycles. The van der Waals surface area contributed by atoms with Crippen LogP contribution in [0.25, 0.3) is 0 Å². The molecule has 0 aliphatic carbocycles. The average Bonchev–Trinajstić information content (AvgIpc) is 2.57. The van der Waals surface area contributed by atoms with Crippen LogP contribution in [-0.4, -0.2) is 11.9 Å². The van der Waals surface area contributed by atoms with Crippen molar-refractivity contribution >= 4 is 35.1 Å². The summed E-state index contributed by atoms with van der Waals surface area (Å²) in [6.45, 7) is 3.28. The highest BCUT2D eigenvalue weighted by Gasteiger charge is 2.31. The molecule has 6 heteroatoms. The number of halogens is 2. The van der Waals surface area contributed by atoms with E-state index in [2.05, 4.69) is 5.32 Å². The Hall–Kier alpha value is -2.04. The van der Waals surface area contributed by atoms with E-state index in [0.29, 0.717) is 15.6 Å². The molecule has 0 aliphatic rings. The zero-order valence-electron chi connectivity index (χ0n) is 13.9. The number of nitrogens with one attached hydrogen (secondary N) is 1. The maximum absolute atomic E-state index is 12.4. The van der Waals surface area contributed by atoms with Gasteiger partial charge in [-0.1, -0.05) is 59.6 Å². The van der Waals surface area contributed by atoms with Crippen LogP contribution in [0.4, 0.5) is 0 Å². The molecule has 0 spiro atoms. The lowest BCUT2D eigenvalue weighted by atomic mass is 9.79. The van der Waals surface area contributed by atoms with Gasteiger partial charge in [0, 0.05) is 11.8 Å². The lowest BCUT2D eigenvalue weighted by Gasteiger charge is -2.31. The molecule has 0 radical (unpaired) electrons. The number of carboxylic acids is 1. The fraction of sp³-hybridized carbons (Fsp3) is 0.263. The molecule has 4 nitrogen and oxygen atoms in total. The molecule has 0 saturated carbocycles. The van der Waals surface area contributed by atoms with Crippen LogP contribution in [0.2, 0.25) is 10.0 Å². The predicted molar refractivity (Wildman–Crippen MR) is 96.4 cm³/mol. The smallest absolute Gasteiger partial charge is 0.221 e. The normalized spacial score (nSPS) is 14.4. The first-order chi connectivity index (χ1) is 11.7. The van der Waals surface area contributed by atoms with Gasteiger partial charge in [0.1, 0.15) is 0 Å². The highest BCUT2D eigenvalue weighted by atomic mass is 35.5. The monoisotopic (exact) mass is 378 g/mol. The minimum atomic E-state index is -1.41. The van der Waals surface area contributed by atoms with E-state index in [4.69, 9.17) is 23.2 Å². The molecular weight excluding hydrogens is 361 g/mol. The van der Waals surface area contributed by atoms with Crippen LogP contribution in [-0.2, 0) is 15.0 Å². The molecule has 2 atom stereocenters. The van der Waals surface area contributed by atoms with E-state index >= 15 is 0 Å². The molecule has 132 valence electrons. The molecule has 2 aromatic carbocycles. The van der Waals surface area contributed by atoms with Gasteiger partial charge in [-0.3, -0.25) is 4.79 Å². The first-order valence-corrected chi connectivity index (χ1v) is 8.51. The van der Waals surface area contributed by atoms with E-state index in [0.717, 1.165) is 5.56 Å². The summed E-state index contributed by atoms with van der Waals surface area (Å²) in [5, 5.41) is 15.3. The molecule has 25 heavy (non-hydrogen) atoms. The molecule has 1 amide bonds. The molecule has 0 heterocycles. The number of amides is 1. The molecule has 0 fully saturated rings. The van der Waals surface area contributed by atoms with Gasteiger partial charge >= 0.3 is 0 Å². The molecule has 2 aromatic rings. The number of benzene rings is 2. The summed E-state index contributed by atoms with van der Waals surface area (Å²) in [7, 11) is 0. The van der Waals surface area contributed by atoms with E-state index in [1.165, 1.54) is 6.92 Å². The van der Waals surface area contributed by atoms with Crippen molar-refractivity contribution < 1.29 is 14.7 Å². The third-order valence-corrected chi connectivity index (χ3v) is 4.94. The molecule has 0 unspecified atom stereocenters. The second-order valence-electron chi connectivity index (χ2n) is 6.13. The Bertz CT molecular complexity index is 779. The second-order valence-corrected chi connectivity index (χ2v) is 6.94. The van der Waals surface area contributed by atoms with Crippen LogP contribution >= 0.6 is 23.2 Å². The van der Waals surface area contributed by atoms with Crippen molar-refractivity contribution in [2.24, 2.45) is 0 Å². The Morgan fingerprint density at radius 2 is 1.76 bits per heavy atom. The van der Waals surface area contributed by atoms with Crippen LogP contribution in [0.5, 0.6) is 0 Å². The Labute approximate surface area is 156 Å². The van der Waals surface area contributed by atoms with E-state index < -0.39 is 17.3 Å². The van der Waals surface area contributed by atoms with E-state index in [-0.39, 0.29) is 12.5 Å². The molecular formula is C19H18Cl2NO3-. The van der Waals surface area contributed by atoms with Crippen molar-refractivity contribution in [1.29, 1.82) is 0 Å². The van der Waals surface area contributed by atoms with Crippen molar-refractivity contribution in [1.82, 2.24) is 5.32 Å². The van der Waals surface area contributed by atoms with Gasteiger partial charge in [-0.05, 0) is 37.1 Å². The van der Waals surface area contributed by atoms with E-state index in [1.807, 2.05) is 0 Å². The summed E-state index contributed by atoms with van der Waals surface area (Å²) in [4.78, 5) is 24.1. The summed E-state index contributed by atoms with van der Waals surface area (Å²) in [6.07, 6.45) is -0.231. The van der Waals surface area contributed by atoms with Crippen molar-refractivity contribution in [3.8, 4) is 0 Å². The molecule has 0 aliphatic heterocycles. The number of carbonyl (C=O) groups excluding carboxylic acids is 2. The Morgan fingerprint density at radius 1 is 1.12 bits per heavy atom. The number of rotatable bonds is 6. The van der Waals surface area contributed by atoms with Crippen molar-refractivity contribution in [3.05, 3.63) is 69.7 Å². The molecule has 0 saturated heterocycles. The minimum Gasteiger partial charge on any atom is -0.549 e. The Morgan fingerprint density at radius 3 is 2.32 bits per heavy atom. The Kier molecular flexibility index (Phi) is 6.09. The van der Waals surface area contributed by atoms with Crippen LogP contribution in [0.1, 0.15) is 37.4 Å². The second kappa shape index (κ2) is 7.89. The SMILES string of the molecule is C[C@@H](NC(=O)C[C@@](C)(C(=O)[O-])c1ccccc1)c1ccc(Cl)c(Cl)c1. The maximum Gasteiger partial charge on any atom is 0.221 e. The van der Waals surface area contributed by atoms with Gasteiger partial charge < -0.3 is 15.2 Å². The van der Waals surface area contributed by atoms with Crippen LogP contribution in [0.3, 0.4) is 0 Å². The van der Waals surface area contributed by atoms with E-state index in [1.54, 1.807) is 55.5 Å². The van der Waals surface area contributed by atoms with Crippen LogP contribution in [0, 0.1) is 0 Å². The fourth-order valence-corrected chi connectivity index (χ4v) is 2.88. The number of aliphatic carboxylic acids is 1. The lowest BCUT2D eigenvalue weighted by molar-refractivity contribution is -0.313. The third kappa shape index (κ3) is 4.53. The summed E-state index contributed by atoms with van der Waals surface area (Å²) in [6, 6.07) is 13.3. The average molecular weight is 379 g/mol. The topological polar surface area (TPSA) is 69.2 Å². The summed E-state index contributed by atoms with van der Waals surface area (Å²) < 4.78 is 0. The van der Waals surface area contributed by atoms with Gasteiger partial charge in [0.2, 0.25) is 5.91 Å². The zero-order chi connectivity index (χ0) is 18.6. The predicted octanol–water partition coefficient (Wildman–Crippen LogP) is 3.27. The zero-order valence-corrected chi connectivity index (χ0v) is 15.4. The van der Waals surface area contributed by atoms with Gasteiger partial charge in [-0.15, -0.1) is 0 Å². The molecule has 2 rings (SSSR count). The van der Waals surface area contributed by atoms with Gasteiger partial charge in [0.25, 0.3) is 0 Å². The molecule has 1 N–H and O–H groups in total. The summed E-state index contributed by atoms with van der Waals surface area (Å²) in [5.41, 5.74) is -0.118. The minimum absolute atomic E-state index is 0.231. The lowest BCUT2D eigenvalue weighted by Crippen LogP contribution is -2.47. The van der Waals surface area contributed by atoms with E-state index in [9.17, 15) is 14.7 Å². The number of hydrogen-bond acceptors (Lipinski definition) is 3. The van der Waals surface area contributed by atoms with Crippen LogP contribution < -0.4 is 10.4 Å². The first-order valence-electron chi connectivity index (χ1n) is 7.75. The Balaban J connectivity index is 2.14. The van der Waals surface area contributed by atoms with Gasteiger partial charge in [0.15, 0.2) is 0 Å². The van der Waals surface area contributed by atoms with Crippen molar-refractivity contribution in [2.45, 2.75) is 31.7 Å². The largest absolute Gasteiger partial charge is 0.549 e. The quantitative estimate of drug-likeness (QED) is 0.838. The van der Waals surface area contributed by atoms with Gasteiger partial charge in [-0.25, -0.2) is 0 Å². The highest BCUT2D eigenvalue weighted by Crippen LogP contribution is 2.28. The third-order valence-electron chi connectivity index (χ3n) is 4.20. The maximum atomic E-state index is 12.4. The summed E-state index contributed by atoms with van der Waals surface area (Å²) in [5.74, 6) is -1.69. The van der Waals surface area contributed by atoms with Crippen LogP contribution in [0.15, 0.2) is 48.5 Å². The number of carbonyl (C=O) groups is 2. The highest BCUT2D eigenvalue weighted by molar-refractivity contribution is 6.42. The summed E-state index contributed by atoms with van der Waals surface area (Å²) >= 11 is 11.9. The van der Waals surface area contributed by atoms with Gasteiger partial charge in [-0.2, -0.15) is 0 Å². The molecule has 0 bridgehead atoms. The fourth-order valence-electron chi connectivity index (χ4n) is 2.58. The number of hydrogen-bond donors (Lipinski definition) is 1. The van der Waals surface area contributed by atoms with Gasteiger partial charge in [0.05, 0.1) is 22.1 Å². The van der Waals surface area contributed by atoms with Crippen molar-refractivity contribution in [2.75, 3.05) is 0 Å². The van der Waals surface area contributed by atoms with Crippen molar-refractivity contribution in [3.63, 3.8) is 0 Å².